The second kappa shape index (κ2) is 4.72. The molecule has 0 unspecified atom stereocenters. The summed E-state index contributed by atoms with van der Waals surface area (Å²) in [7, 11) is 2.03. The van der Waals surface area contributed by atoms with E-state index in [-0.39, 0.29) is 5.54 Å². The van der Waals surface area contributed by atoms with Gasteiger partial charge in [0.2, 0.25) is 0 Å². The highest BCUT2D eigenvalue weighted by atomic mass is 15.2. The van der Waals surface area contributed by atoms with Crippen molar-refractivity contribution in [2.45, 2.75) is 25.3 Å². The zero-order valence-corrected chi connectivity index (χ0v) is 10.4. The maximum atomic E-state index is 8.70. The van der Waals surface area contributed by atoms with Gasteiger partial charge in [-0.2, -0.15) is 5.26 Å². The Labute approximate surface area is 102 Å². The first-order valence-electron chi connectivity index (χ1n) is 5.97. The fourth-order valence-electron chi connectivity index (χ4n) is 2.15. The standard InChI is InChI=1S/C13H18N4/c1-13(15-2)5-7-17(8-6-13)12-4-3-11(9-14)16-10-12/h3-4,10,15H,5-8H2,1-2H3. The molecule has 90 valence electrons. The molecule has 17 heavy (non-hydrogen) atoms. The van der Waals surface area contributed by atoms with E-state index in [4.69, 9.17) is 5.26 Å². The van der Waals surface area contributed by atoms with Crippen LogP contribution in [0, 0.1) is 11.3 Å². The summed E-state index contributed by atoms with van der Waals surface area (Å²) in [6.45, 7) is 4.33. The van der Waals surface area contributed by atoms with Gasteiger partial charge in [0, 0.05) is 18.6 Å². The highest BCUT2D eigenvalue weighted by molar-refractivity contribution is 5.46. The number of nitriles is 1. The molecular formula is C13H18N4. The predicted octanol–water partition coefficient (Wildman–Crippen LogP) is 1.53. The van der Waals surface area contributed by atoms with E-state index in [0.29, 0.717) is 5.69 Å². The highest BCUT2D eigenvalue weighted by Gasteiger charge is 2.28. The van der Waals surface area contributed by atoms with E-state index in [9.17, 15) is 0 Å². The third kappa shape index (κ3) is 2.56. The molecule has 1 aliphatic rings. The average molecular weight is 230 g/mol. The smallest absolute Gasteiger partial charge is 0.140 e. The molecule has 2 heterocycles. The molecule has 1 aromatic heterocycles. The number of pyridine rings is 1. The maximum Gasteiger partial charge on any atom is 0.140 e. The molecule has 1 saturated heterocycles. The largest absolute Gasteiger partial charge is 0.370 e. The van der Waals surface area contributed by atoms with Gasteiger partial charge in [0.1, 0.15) is 11.8 Å². The molecule has 4 nitrogen and oxygen atoms in total. The van der Waals surface area contributed by atoms with Gasteiger partial charge in [-0.05, 0) is 38.9 Å². The molecule has 0 amide bonds. The van der Waals surface area contributed by atoms with Crippen molar-refractivity contribution in [2.24, 2.45) is 0 Å². The highest BCUT2D eigenvalue weighted by Crippen LogP contribution is 2.25. The number of piperidine rings is 1. The van der Waals surface area contributed by atoms with Crippen molar-refractivity contribution in [2.75, 3.05) is 25.0 Å². The Kier molecular flexibility index (Phi) is 3.30. The van der Waals surface area contributed by atoms with E-state index < -0.39 is 0 Å². The number of nitrogens with zero attached hydrogens (tertiary/aromatic N) is 3. The lowest BCUT2D eigenvalue weighted by Gasteiger charge is -2.40. The first-order chi connectivity index (χ1) is 8.17. The topological polar surface area (TPSA) is 52.0 Å². The quantitative estimate of drug-likeness (QED) is 0.837. The molecule has 0 aliphatic carbocycles. The summed E-state index contributed by atoms with van der Waals surface area (Å²) in [6.07, 6.45) is 4.05. The fraction of sp³-hybridized carbons (Fsp3) is 0.538. The van der Waals surface area contributed by atoms with Gasteiger partial charge in [-0.1, -0.05) is 0 Å². The second-order valence-corrected chi connectivity index (χ2v) is 4.81. The van der Waals surface area contributed by atoms with Crippen LogP contribution < -0.4 is 10.2 Å². The fourth-order valence-corrected chi connectivity index (χ4v) is 2.15. The molecule has 0 atom stereocenters. The minimum absolute atomic E-state index is 0.260. The van der Waals surface area contributed by atoms with E-state index in [1.165, 1.54) is 0 Å². The Bertz CT molecular complexity index is 410. The molecule has 2 rings (SSSR count). The molecule has 0 bridgehead atoms. The summed E-state index contributed by atoms with van der Waals surface area (Å²) in [4.78, 5) is 6.44. The second-order valence-electron chi connectivity index (χ2n) is 4.81. The summed E-state index contributed by atoms with van der Waals surface area (Å²) >= 11 is 0. The number of anilines is 1. The summed E-state index contributed by atoms with van der Waals surface area (Å²) < 4.78 is 0. The van der Waals surface area contributed by atoms with Crippen LogP contribution in [0.25, 0.3) is 0 Å². The molecule has 0 spiro atoms. The molecule has 4 heteroatoms. The molecule has 1 N–H and O–H groups in total. The molecule has 1 aliphatic heterocycles. The molecule has 0 aromatic carbocycles. The third-order valence-corrected chi connectivity index (χ3v) is 3.70. The predicted molar refractivity (Wildman–Crippen MR) is 67.9 cm³/mol. The lowest BCUT2D eigenvalue weighted by molar-refractivity contribution is 0.305. The van der Waals surface area contributed by atoms with Crippen LogP contribution in [0.3, 0.4) is 0 Å². The van der Waals surface area contributed by atoms with Crippen LogP contribution in [0.1, 0.15) is 25.5 Å². The minimum atomic E-state index is 0.260. The van der Waals surface area contributed by atoms with E-state index in [1.54, 1.807) is 12.3 Å². The Morgan fingerprint density at radius 1 is 1.41 bits per heavy atom. The molecule has 1 aromatic rings. The monoisotopic (exact) mass is 230 g/mol. The lowest BCUT2D eigenvalue weighted by Crippen LogP contribution is -2.50. The van der Waals surface area contributed by atoms with Crippen LogP contribution in [0.4, 0.5) is 5.69 Å². The van der Waals surface area contributed by atoms with Crippen LogP contribution in [0.5, 0.6) is 0 Å². The van der Waals surface area contributed by atoms with Gasteiger partial charge < -0.3 is 10.2 Å². The van der Waals surface area contributed by atoms with Crippen molar-refractivity contribution in [3.05, 3.63) is 24.0 Å². The van der Waals surface area contributed by atoms with Gasteiger partial charge in [-0.25, -0.2) is 4.98 Å². The van der Waals surface area contributed by atoms with Crippen molar-refractivity contribution in [3.63, 3.8) is 0 Å². The Hall–Kier alpha value is -1.60. The zero-order valence-electron chi connectivity index (χ0n) is 10.4. The van der Waals surface area contributed by atoms with Gasteiger partial charge in [0.25, 0.3) is 0 Å². The Balaban J connectivity index is 2.03. The Morgan fingerprint density at radius 3 is 2.59 bits per heavy atom. The number of nitrogens with one attached hydrogen (secondary N) is 1. The van der Waals surface area contributed by atoms with E-state index in [1.807, 2.05) is 19.2 Å². The van der Waals surface area contributed by atoms with Gasteiger partial charge in [-0.3, -0.25) is 0 Å². The van der Waals surface area contributed by atoms with Gasteiger partial charge in [-0.15, -0.1) is 0 Å². The summed E-state index contributed by atoms with van der Waals surface area (Å²) in [5.41, 5.74) is 1.85. The zero-order chi connectivity index (χ0) is 12.3. The van der Waals surface area contributed by atoms with Gasteiger partial charge in [0.05, 0.1) is 11.9 Å². The molecule has 0 radical (unpaired) electrons. The van der Waals surface area contributed by atoms with E-state index in [0.717, 1.165) is 31.6 Å². The van der Waals surface area contributed by atoms with Crippen LogP contribution >= 0.6 is 0 Å². The first-order valence-corrected chi connectivity index (χ1v) is 5.97. The number of rotatable bonds is 2. The minimum Gasteiger partial charge on any atom is -0.370 e. The van der Waals surface area contributed by atoms with Gasteiger partial charge >= 0.3 is 0 Å². The van der Waals surface area contributed by atoms with Crippen LogP contribution in [-0.4, -0.2) is 30.7 Å². The first kappa shape index (κ1) is 11.9. The van der Waals surface area contributed by atoms with Crippen molar-refractivity contribution in [3.8, 4) is 6.07 Å². The van der Waals surface area contributed by atoms with Crippen molar-refractivity contribution in [1.29, 1.82) is 5.26 Å². The molecular weight excluding hydrogens is 212 g/mol. The number of aromatic nitrogens is 1. The average Bonchev–Trinajstić information content (AvgIpc) is 2.40. The van der Waals surface area contributed by atoms with E-state index in [2.05, 4.69) is 22.1 Å². The summed E-state index contributed by atoms with van der Waals surface area (Å²) in [6, 6.07) is 5.80. The molecule has 0 saturated carbocycles. The lowest BCUT2D eigenvalue weighted by atomic mass is 9.90. The van der Waals surface area contributed by atoms with Crippen molar-refractivity contribution < 1.29 is 0 Å². The van der Waals surface area contributed by atoms with Crippen molar-refractivity contribution in [1.82, 2.24) is 10.3 Å². The van der Waals surface area contributed by atoms with Crippen LogP contribution in [-0.2, 0) is 0 Å². The summed E-state index contributed by atoms with van der Waals surface area (Å²) in [5, 5.41) is 12.1. The molecule has 1 fully saturated rings. The number of hydrogen-bond acceptors (Lipinski definition) is 4. The maximum absolute atomic E-state index is 8.70. The SMILES string of the molecule is CNC1(C)CCN(c2ccc(C#N)nc2)CC1. The third-order valence-electron chi connectivity index (χ3n) is 3.70. The summed E-state index contributed by atoms with van der Waals surface area (Å²) in [5.74, 6) is 0. The number of hydrogen-bond donors (Lipinski definition) is 1. The van der Waals surface area contributed by atoms with E-state index >= 15 is 0 Å². The normalized spacial score (nSPS) is 18.8. The van der Waals surface area contributed by atoms with Crippen molar-refractivity contribution >= 4 is 5.69 Å². The van der Waals surface area contributed by atoms with Gasteiger partial charge in [0.15, 0.2) is 0 Å². The van der Waals surface area contributed by atoms with Crippen LogP contribution in [0.15, 0.2) is 18.3 Å². The Morgan fingerprint density at radius 2 is 2.12 bits per heavy atom. The van der Waals surface area contributed by atoms with Crippen LogP contribution in [0.2, 0.25) is 0 Å².